The summed E-state index contributed by atoms with van der Waals surface area (Å²) >= 11 is 6.16. The maximum Gasteiger partial charge on any atom is 0.258 e. The number of anilines is 1. The van der Waals surface area contributed by atoms with E-state index in [4.69, 9.17) is 11.6 Å². The van der Waals surface area contributed by atoms with Crippen molar-refractivity contribution in [2.24, 2.45) is 0 Å². The molecule has 0 unspecified atom stereocenters. The lowest BCUT2D eigenvalue weighted by Crippen LogP contribution is -2.12. The minimum atomic E-state index is -0.172. The third-order valence-corrected chi connectivity index (χ3v) is 4.20. The predicted molar refractivity (Wildman–Crippen MR) is 96.7 cm³/mol. The monoisotopic (exact) mass is 339 g/mol. The Morgan fingerprint density at radius 3 is 2.79 bits per heavy atom. The Kier molecular flexibility index (Phi) is 4.67. The molecule has 0 radical (unpaired) electrons. The summed E-state index contributed by atoms with van der Waals surface area (Å²) in [5, 5.41) is 7.88. The Bertz CT molecular complexity index is 886. The van der Waals surface area contributed by atoms with E-state index in [-0.39, 0.29) is 5.91 Å². The van der Waals surface area contributed by atoms with Gasteiger partial charge in [0, 0.05) is 16.9 Å². The Morgan fingerprint density at radius 2 is 2.00 bits per heavy atom. The van der Waals surface area contributed by atoms with Crippen molar-refractivity contribution in [3.63, 3.8) is 0 Å². The van der Waals surface area contributed by atoms with Crippen LogP contribution in [0.15, 0.2) is 54.9 Å². The molecular formula is C19H18ClN3O. The summed E-state index contributed by atoms with van der Waals surface area (Å²) in [6, 6.07) is 13.6. The van der Waals surface area contributed by atoms with Crippen molar-refractivity contribution in [2.45, 2.75) is 20.4 Å². The molecule has 0 aliphatic carbocycles. The Balaban J connectivity index is 1.74. The van der Waals surface area contributed by atoms with Crippen molar-refractivity contribution in [3.05, 3.63) is 82.1 Å². The number of carbonyl (C=O) groups is 1. The number of rotatable bonds is 4. The van der Waals surface area contributed by atoms with E-state index in [0.717, 1.165) is 22.4 Å². The van der Waals surface area contributed by atoms with Gasteiger partial charge in [-0.3, -0.25) is 9.48 Å². The molecule has 24 heavy (non-hydrogen) atoms. The van der Waals surface area contributed by atoms with Crippen molar-refractivity contribution in [1.29, 1.82) is 0 Å². The minimum Gasteiger partial charge on any atom is -0.322 e. The van der Waals surface area contributed by atoms with Crippen molar-refractivity contribution >= 4 is 23.2 Å². The molecule has 0 atom stereocenters. The van der Waals surface area contributed by atoms with Gasteiger partial charge < -0.3 is 5.32 Å². The van der Waals surface area contributed by atoms with E-state index in [2.05, 4.69) is 10.4 Å². The molecule has 1 amide bonds. The largest absolute Gasteiger partial charge is 0.322 e. The Labute approximate surface area is 146 Å². The second-order valence-electron chi connectivity index (χ2n) is 5.79. The molecule has 4 nitrogen and oxygen atoms in total. The van der Waals surface area contributed by atoms with E-state index in [1.807, 2.05) is 56.3 Å². The highest BCUT2D eigenvalue weighted by atomic mass is 35.5. The lowest BCUT2D eigenvalue weighted by molar-refractivity contribution is 0.102. The molecule has 1 heterocycles. The van der Waals surface area contributed by atoms with Gasteiger partial charge >= 0.3 is 0 Å². The molecule has 2 aromatic carbocycles. The summed E-state index contributed by atoms with van der Waals surface area (Å²) in [4.78, 5) is 12.4. The maximum atomic E-state index is 12.4. The third-order valence-electron chi connectivity index (χ3n) is 3.83. The molecule has 1 aromatic heterocycles. The highest BCUT2D eigenvalue weighted by Crippen LogP contribution is 2.18. The standard InChI is InChI=1S/C19H18ClN3O/c1-13-7-8-14(2)18(9-13)22-19(24)16-10-21-23(12-16)11-15-5-3-4-6-17(15)20/h3-10,12H,11H2,1-2H3,(H,22,24). The van der Waals surface area contributed by atoms with Crippen LogP contribution in [-0.2, 0) is 6.54 Å². The second-order valence-corrected chi connectivity index (χ2v) is 6.20. The topological polar surface area (TPSA) is 46.9 Å². The number of hydrogen-bond donors (Lipinski definition) is 1. The van der Waals surface area contributed by atoms with E-state index < -0.39 is 0 Å². The smallest absolute Gasteiger partial charge is 0.258 e. The number of hydrogen-bond acceptors (Lipinski definition) is 2. The predicted octanol–water partition coefficient (Wildman–Crippen LogP) is 4.45. The highest BCUT2D eigenvalue weighted by Gasteiger charge is 2.11. The van der Waals surface area contributed by atoms with E-state index in [1.54, 1.807) is 17.1 Å². The van der Waals surface area contributed by atoms with Crippen LogP contribution in [0.5, 0.6) is 0 Å². The molecular weight excluding hydrogens is 322 g/mol. The molecule has 0 saturated carbocycles. The first-order valence-electron chi connectivity index (χ1n) is 7.67. The first-order chi connectivity index (χ1) is 11.5. The number of carbonyl (C=O) groups excluding carboxylic acids is 1. The van der Waals surface area contributed by atoms with E-state index in [0.29, 0.717) is 17.1 Å². The second kappa shape index (κ2) is 6.89. The summed E-state index contributed by atoms with van der Waals surface area (Å²) in [6.07, 6.45) is 3.29. The molecule has 0 aliphatic rings. The van der Waals surface area contributed by atoms with Crippen LogP contribution in [0, 0.1) is 13.8 Å². The van der Waals surface area contributed by atoms with Crippen LogP contribution in [0.3, 0.4) is 0 Å². The van der Waals surface area contributed by atoms with Crippen LogP contribution in [0.2, 0.25) is 5.02 Å². The van der Waals surface area contributed by atoms with Gasteiger partial charge in [0.05, 0.1) is 18.3 Å². The number of amides is 1. The zero-order valence-corrected chi connectivity index (χ0v) is 14.3. The Morgan fingerprint density at radius 1 is 1.21 bits per heavy atom. The maximum absolute atomic E-state index is 12.4. The van der Waals surface area contributed by atoms with Crippen LogP contribution in [0.25, 0.3) is 0 Å². The van der Waals surface area contributed by atoms with Crippen LogP contribution in [0.1, 0.15) is 27.0 Å². The number of aryl methyl sites for hydroxylation is 2. The van der Waals surface area contributed by atoms with Crippen molar-refractivity contribution in [2.75, 3.05) is 5.32 Å². The van der Waals surface area contributed by atoms with Gasteiger partial charge in [-0.2, -0.15) is 5.10 Å². The first-order valence-corrected chi connectivity index (χ1v) is 8.05. The van der Waals surface area contributed by atoms with Crippen molar-refractivity contribution in [1.82, 2.24) is 9.78 Å². The molecule has 3 aromatic rings. The zero-order valence-electron chi connectivity index (χ0n) is 13.6. The average Bonchev–Trinajstić information content (AvgIpc) is 3.02. The number of nitrogens with zero attached hydrogens (tertiary/aromatic N) is 2. The molecule has 0 saturated heterocycles. The van der Waals surface area contributed by atoms with Gasteiger partial charge in [-0.25, -0.2) is 0 Å². The number of aromatic nitrogens is 2. The van der Waals surface area contributed by atoms with Gasteiger partial charge in [-0.05, 0) is 42.7 Å². The van der Waals surface area contributed by atoms with E-state index in [1.165, 1.54) is 0 Å². The quantitative estimate of drug-likeness (QED) is 0.763. The van der Waals surface area contributed by atoms with Gasteiger partial charge in [-0.15, -0.1) is 0 Å². The fourth-order valence-corrected chi connectivity index (χ4v) is 2.63. The first kappa shape index (κ1) is 16.3. The van der Waals surface area contributed by atoms with Gasteiger partial charge in [-0.1, -0.05) is 41.9 Å². The lowest BCUT2D eigenvalue weighted by Gasteiger charge is -2.08. The van der Waals surface area contributed by atoms with Crippen molar-refractivity contribution in [3.8, 4) is 0 Å². The normalized spacial score (nSPS) is 10.6. The SMILES string of the molecule is Cc1ccc(C)c(NC(=O)c2cnn(Cc3ccccc3Cl)c2)c1. The molecule has 3 rings (SSSR count). The summed E-state index contributed by atoms with van der Waals surface area (Å²) < 4.78 is 1.71. The lowest BCUT2D eigenvalue weighted by atomic mass is 10.1. The van der Waals surface area contributed by atoms with Gasteiger partial charge in [0.25, 0.3) is 5.91 Å². The zero-order chi connectivity index (χ0) is 17.1. The summed E-state index contributed by atoms with van der Waals surface area (Å²) in [5.41, 5.74) is 4.42. The minimum absolute atomic E-state index is 0.172. The fraction of sp³-hybridized carbons (Fsp3) is 0.158. The molecule has 1 N–H and O–H groups in total. The molecule has 0 fully saturated rings. The fourth-order valence-electron chi connectivity index (χ4n) is 2.43. The molecule has 0 aliphatic heterocycles. The molecule has 122 valence electrons. The summed E-state index contributed by atoms with van der Waals surface area (Å²) in [6.45, 7) is 4.49. The Hall–Kier alpha value is -2.59. The van der Waals surface area contributed by atoms with Gasteiger partial charge in [0.15, 0.2) is 0 Å². The van der Waals surface area contributed by atoms with Crippen LogP contribution < -0.4 is 5.32 Å². The van der Waals surface area contributed by atoms with E-state index in [9.17, 15) is 4.79 Å². The third kappa shape index (κ3) is 3.66. The highest BCUT2D eigenvalue weighted by molar-refractivity contribution is 6.31. The average molecular weight is 340 g/mol. The van der Waals surface area contributed by atoms with E-state index >= 15 is 0 Å². The number of halogens is 1. The van der Waals surface area contributed by atoms with Crippen LogP contribution >= 0.6 is 11.6 Å². The molecule has 0 bridgehead atoms. The van der Waals surface area contributed by atoms with Crippen molar-refractivity contribution < 1.29 is 4.79 Å². The molecule has 0 spiro atoms. The molecule has 5 heteroatoms. The van der Waals surface area contributed by atoms with Gasteiger partial charge in [0.1, 0.15) is 0 Å². The van der Waals surface area contributed by atoms with Crippen LogP contribution in [0.4, 0.5) is 5.69 Å². The summed E-state index contributed by atoms with van der Waals surface area (Å²) in [5.74, 6) is -0.172. The number of benzene rings is 2. The summed E-state index contributed by atoms with van der Waals surface area (Å²) in [7, 11) is 0. The number of nitrogens with one attached hydrogen (secondary N) is 1. The van der Waals surface area contributed by atoms with Crippen LogP contribution in [-0.4, -0.2) is 15.7 Å². The van der Waals surface area contributed by atoms with Gasteiger partial charge in [0.2, 0.25) is 0 Å².